The molecule has 4 nitrogen and oxygen atoms in total. The zero-order valence-corrected chi connectivity index (χ0v) is 10.0. The first-order valence-electron chi connectivity index (χ1n) is 4.34. The average molecular weight is 271 g/mol. The summed E-state index contributed by atoms with van der Waals surface area (Å²) in [6.07, 6.45) is 0. The highest BCUT2D eigenvalue weighted by Gasteiger charge is 2.12. The van der Waals surface area contributed by atoms with Crippen LogP contribution >= 0.6 is 15.9 Å². The Labute approximate surface area is 96.4 Å². The topological polar surface area (TPSA) is 49.4 Å². The predicted molar refractivity (Wildman–Crippen MR) is 61.0 cm³/mol. The second kappa shape index (κ2) is 4.93. The molecule has 0 aromatic heterocycles. The zero-order valence-electron chi connectivity index (χ0n) is 8.45. The van der Waals surface area contributed by atoms with Crippen LogP contribution in [-0.4, -0.2) is 16.8 Å². The molecule has 0 heterocycles. The van der Waals surface area contributed by atoms with E-state index in [1.54, 1.807) is 12.1 Å². The van der Waals surface area contributed by atoms with Gasteiger partial charge in [-0.05, 0) is 24.3 Å². The van der Waals surface area contributed by atoms with Crippen LogP contribution < -0.4 is 5.43 Å². The minimum atomic E-state index is -0.342. The van der Waals surface area contributed by atoms with Crippen LogP contribution in [0.3, 0.4) is 0 Å². The minimum absolute atomic E-state index is 0.342. The van der Waals surface area contributed by atoms with Crippen molar-refractivity contribution in [3.63, 3.8) is 0 Å². The highest BCUT2D eigenvalue weighted by molar-refractivity contribution is 9.10. The van der Waals surface area contributed by atoms with E-state index in [2.05, 4.69) is 21.4 Å². The molecule has 1 aromatic rings. The molecule has 1 rings (SSSR count). The van der Waals surface area contributed by atoms with Gasteiger partial charge in [0, 0.05) is 18.3 Å². The van der Waals surface area contributed by atoms with Gasteiger partial charge in [0.25, 0.3) is 0 Å². The Hall–Kier alpha value is -1.36. The van der Waals surface area contributed by atoms with Gasteiger partial charge in [-0.2, -0.15) is 5.01 Å². The summed E-state index contributed by atoms with van der Waals surface area (Å²) in [5, 5.41) is 0.962. The van der Waals surface area contributed by atoms with Crippen LogP contribution in [0.4, 0.5) is 5.69 Å². The van der Waals surface area contributed by atoms with Crippen molar-refractivity contribution in [2.75, 3.05) is 5.43 Å². The van der Waals surface area contributed by atoms with E-state index in [1.807, 2.05) is 12.1 Å². The number of anilines is 1. The number of nitrogens with zero attached hydrogens (tertiary/aromatic N) is 1. The number of amides is 2. The van der Waals surface area contributed by atoms with E-state index in [0.717, 1.165) is 9.48 Å². The van der Waals surface area contributed by atoms with E-state index in [9.17, 15) is 9.59 Å². The van der Waals surface area contributed by atoms with Crippen LogP contribution in [0, 0.1) is 0 Å². The van der Waals surface area contributed by atoms with Gasteiger partial charge in [-0.3, -0.25) is 15.0 Å². The fourth-order valence-corrected chi connectivity index (χ4v) is 1.30. The summed E-state index contributed by atoms with van der Waals surface area (Å²) in [6, 6.07) is 7.17. The van der Waals surface area contributed by atoms with Gasteiger partial charge in [-0.25, -0.2) is 0 Å². The number of carbonyl (C=O) groups is 2. The van der Waals surface area contributed by atoms with Gasteiger partial charge in [0.15, 0.2) is 0 Å². The maximum absolute atomic E-state index is 11.1. The first-order chi connectivity index (χ1) is 7.00. The van der Waals surface area contributed by atoms with E-state index < -0.39 is 0 Å². The Bertz CT molecular complexity index is 362. The Kier molecular flexibility index (Phi) is 3.85. The van der Waals surface area contributed by atoms with Gasteiger partial charge in [0.2, 0.25) is 11.8 Å². The van der Waals surface area contributed by atoms with Gasteiger partial charge < -0.3 is 0 Å². The van der Waals surface area contributed by atoms with Crippen LogP contribution in [0.25, 0.3) is 0 Å². The molecule has 0 atom stereocenters. The highest BCUT2D eigenvalue weighted by Crippen LogP contribution is 2.14. The molecule has 0 aliphatic rings. The lowest BCUT2D eigenvalue weighted by molar-refractivity contribution is -0.140. The first-order valence-corrected chi connectivity index (χ1v) is 5.13. The number of rotatable bonds is 2. The fourth-order valence-electron chi connectivity index (χ4n) is 1.03. The SMILES string of the molecule is CC(=O)N(Nc1ccc(Br)cc1)C(C)=O. The normalized spacial score (nSPS) is 9.53. The van der Waals surface area contributed by atoms with Gasteiger partial charge in [-0.1, -0.05) is 15.9 Å². The molecule has 1 N–H and O–H groups in total. The molecular weight excluding hydrogens is 260 g/mol. The summed E-state index contributed by atoms with van der Waals surface area (Å²) in [4.78, 5) is 22.2. The van der Waals surface area contributed by atoms with E-state index >= 15 is 0 Å². The smallest absolute Gasteiger partial charge is 0.244 e. The van der Waals surface area contributed by atoms with Crippen molar-refractivity contribution in [2.45, 2.75) is 13.8 Å². The van der Waals surface area contributed by atoms with Crippen molar-refractivity contribution in [1.29, 1.82) is 0 Å². The van der Waals surface area contributed by atoms with Crippen molar-refractivity contribution in [3.8, 4) is 0 Å². The number of halogens is 1. The largest absolute Gasteiger partial charge is 0.289 e. The van der Waals surface area contributed by atoms with Crippen molar-refractivity contribution >= 4 is 33.4 Å². The molecule has 2 amide bonds. The average Bonchev–Trinajstić information content (AvgIpc) is 2.15. The van der Waals surface area contributed by atoms with Crippen molar-refractivity contribution in [1.82, 2.24) is 5.01 Å². The predicted octanol–water partition coefficient (Wildman–Crippen LogP) is 2.17. The third-order valence-corrected chi connectivity index (χ3v) is 2.24. The van der Waals surface area contributed by atoms with Gasteiger partial charge >= 0.3 is 0 Å². The molecule has 0 saturated heterocycles. The Morgan fingerprint density at radius 1 is 1.13 bits per heavy atom. The lowest BCUT2D eigenvalue weighted by Crippen LogP contribution is -2.38. The van der Waals surface area contributed by atoms with E-state index in [-0.39, 0.29) is 11.8 Å². The monoisotopic (exact) mass is 270 g/mol. The van der Waals surface area contributed by atoms with E-state index in [0.29, 0.717) is 5.69 Å². The van der Waals surface area contributed by atoms with Crippen molar-refractivity contribution in [2.24, 2.45) is 0 Å². The van der Waals surface area contributed by atoms with Gasteiger partial charge in [-0.15, -0.1) is 0 Å². The Balaban J connectivity index is 2.79. The molecule has 0 spiro atoms. The molecule has 0 radical (unpaired) electrons. The van der Waals surface area contributed by atoms with Crippen molar-refractivity contribution in [3.05, 3.63) is 28.7 Å². The second-order valence-corrected chi connectivity index (χ2v) is 3.91. The van der Waals surface area contributed by atoms with E-state index in [4.69, 9.17) is 0 Å². The molecule has 5 heteroatoms. The second-order valence-electron chi connectivity index (χ2n) is 2.99. The molecule has 80 valence electrons. The van der Waals surface area contributed by atoms with Gasteiger partial charge in [0.05, 0.1) is 5.69 Å². The van der Waals surface area contributed by atoms with Crippen LogP contribution in [0.15, 0.2) is 28.7 Å². The minimum Gasteiger partial charge on any atom is -0.289 e. The molecule has 0 unspecified atom stereocenters. The van der Waals surface area contributed by atoms with Crippen LogP contribution in [0.1, 0.15) is 13.8 Å². The summed E-state index contributed by atoms with van der Waals surface area (Å²) in [6.45, 7) is 2.65. The molecule has 15 heavy (non-hydrogen) atoms. The summed E-state index contributed by atoms with van der Waals surface area (Å²) in [5.41, 5.74) is 3.40. The maximum atomic E-state index is 11.1. The zero-order chi connectivity index (χ0) is 11.4. The number of benzene rings is 1. The van der Waals surface area contributed by atoms with Crippen LogP contribution in [-0.2, 0) is 9.59 Å². The summed E-state index contributed by atoms with van der Waals surface area (Å²) < 4.78 is 0.935. The summed E-state index contributed by atoms with van der Waals surface area (Å²) >= 11 is 3.29. The number of hydrogen-bond donors (Lipinski definition) is 1. The number of imide groups is 1. The third kappa shape index (κ3) is 3.36. The van der Waals surface area contributed by atoms with Crippen molar-refractivity contribution < 1.29 is 9.59 Å². The molecule has 1 aromatic carbocycles. The number of nitrogens with one attached hydrogen (secondary N) is 1. The van der Waals surface area contributed by atoms with Gasteiger partial charge in [0.1, 0.15) is 0 Å². The number of hydrazine groups is 1. The summed E-state index contributed by atoms with van der Waals surface area (Å²) in [7, 11) is 0. The lowest BCUT2D eigenvalue weighted by Gasteiger charge is -2.19. The maximum Gasteiger partial charge on any atom is 0.244 e. The number of hydrogen-bond acceptors (Lipinski definition) is 3. The molecule has 0 aliphatic carbocycles. The fraction of sp³-hybridized carbons (Fsp3) is 0.200. The highest BCUT2D eigenvalue weighted by atomic mass is 79.9. The van der Waals surface area contributed by atoms with Crippen LogP contribution in [0.2, 0.25) is 0 Å². The summed E-state index contributed by atoms with van der Waals surface area (Å²) in [5.74, 6) is -0.684. The first kappa shape index (κ1) is 11.7. The quantitative estimate of drug-likeness (QED) is 0.839. The number of carbonyl (C=O) groups excluding carboxylic acids is 2. The standard InChI is InChI=1S/C10H11BrN2O2/c1-7(14)13(8(2)15)12-10-5-3-9(11)4-6-10/h3-6,12H,1-2H3. The molecule has 0 saturated carbocycles. The Morgan fingerprint density at radius 2 is 1.60 bits per heavy atom. The lowest BCUT2D eigenvalue weighted by atomic mass is 10.3. The third-order valence-electron chi connectivity index (χ3n) is 1.71. The molecule has 0 bridgehead atoms. The molecular formula is C10H11BrN2O2. The Morgan fingerprint density at radius 3 is 2.00 bits per heavy atom. The van der Waals surface area contributed by atoms with E-state index in [1.165, 1.54) is 13.8 Å². The van der Waals surface area contributed by atoms with Crippen LogP contribution in [0.5, 0.6) is 0 Å². The molecule has 0 fully saturated rings. The molecule has 0 aliphatic heterocycles.